The van der Waals surface area contributed by atoms with E-state index in [2.05, 4.69) is 0 Å². The van der Waals surface area contributed by atoms with E-state index in [9.17, 15) is 0 Å². The molecule has 1 radical (unpaired) electrons. The molecule has 2 rings (SSSR count). The molecule has 1 fully saturated rings. The number of rotatable bonds is 4. The first-order valence-corrected chi connectivity index (χ1v) is 4.51. The third-order valence-corrected chi connectivity index (χ3v) is 2.21. The molecule has 0 bridgehead atoms. The molecular weight excluding hydrogens is 164 g/mol. The van der Waals surface area contributed by atoms with Gasteiger partial charge < -0.3 is 9.84 Å². The highest BCUT2D eigenvalue weighted by atomic mass is 16.5. The Morgan fingerprint density at radius 2 is 2.00 bits per heavy atom. The van der Waals surface area contributed by atoms with Crippen molar-refractivity contribution in [2.75, 3.05) is 6.61 Å². The molecule has 2 heteroatoms. The molecule has 1 aliphatic carbocycles. The van der Waals surface area contributed by atoms with Gasteiger partial charge in [-0.1, -0.05) is 30.3 Å². The monoisotopic (exact) mass is 177 g/mol. The van der Waals surface area contributed by atoms with Gasteiger partial charge in [0.25, 0.3) is 0 Å². The van der Waals surface area contributed by atoms with Gasteiger partial charge in [0.2, 0.25) is 0 Å². The molecule has 0 saturated heterocycles. The van der Waals surface area contributed by atoms with Crippen LogP contribution in [0.3, 0.4) is 0 Å². The Balaban J connectivity index is 1.75. The first kappa shape index (κ1) is 8.73. The maximum atomic E-state index is 8.76. The van der Waals surface area contributed by atoms with E-state index in [1.54, 1.807) is 0 Å². The summed E-state index contributed by atoms with van der Waals surface area (Å²) in [7, 11) is 0. The van der Waals surface area contributed by atoms with Crippen LogP contribution in [0, 0.1) is 12.3 Å². The van der Waals surface area contributed by atoms with Crippen molar-refractivity contribution in [1.29, 1.82) is 0 Å². The molecule has 0 aliphatic heterocycles. The van der Waals surface area contributed by atoms with E-state index < -0.39 is 0 Å². The largest absolute Gasteiger partial charge is 0.396 e. The standard InChI is InChI=1S/C11H13O2/c12-7-10-6-11(10)13-8-9-4-2-1-3-5-9/h1-6,10-12H,7-8H2. The van der Waals surface area contributed by atoms with Gasteiger partial charge in [-0.15, -0.1) is 0 Å². The maximum absolute atomic E-state index is 8.76. The zero-order valence-corrected chi connectivity index (χ0v) is 7.39. The van der Waals surface area contributed by atoms with Gasteiger partial charge in [0.05, 0.1) is 12.7 Å². The van der Waals surface area contributed by atoms with Crippen molar-refractivity contribution in [2.45, 2.75) is 12.7 Å². The highest BCUT2D eigenvalue weighted by molar-refractivity contribution is 5.14. The molecule has 0 heterocycles. The summed E-state index contributed by atoms with van der Waals surface area (Å²) >= 11 is 0. The molecule has 13 heavy (non-hydrogen) atoms. The van der Waals surface area contributed by atoms with Crippen LogP contribution >= 0.6 is 0 Å². The summed E-state index contributed by atoms with van der Waals surface area (Å²) in [5, 5.41) is 8.76. The van der Waals surface area contributed by atoms with Crippen molar-refractivity contribution in [3.63, 3.8) is 0 Å². The van der Waals surface area contributed by atoms with Crippen molar-refractivity contribution in [3.8, 4) is 0 Å². The highest BCUT2D eigenvalue weighted by Gasteiger charge is 2.37. The van der Waals surface area contributed by atoms with Gasteiger partial charge in [-0.25, -0.2) is 0 Å². The van der Waals surface area contributed by atoms with Crippen molar-refractivity contribution in [1.82, 2.24) is 0 Å². The summed E-state index contributed by atoms with van der Waals surface area (Å²) in [6, 6.07) is 10.1. The van der Waals surface area contributed by atoms with Gasteiger partial charge in [0, 0.05) is 12.5 Å². The van der Waals surface area contributed by atoms with Crippen LogP contribution < -0.4 is 0 Å². The second kappa shape index (κ2) is 3.90. The Morgan fingerprint density at radius 1 is 1.23 bits per heavy atom. The molecule has 2 atom stereocenters. The topological polar surface area (TPSA) is 29.5 Å². The number of aliphatic hydroxyl groups excluding tert-OH is 1. The Labute approximate surface area is 78.2 Å². The van der Waals surface area contributed by atoms with E-state index in [-0.39, 0.29) is 18.6 Å². The fraction of sp³-hybridized carbons (Fsp3) is 0.364. The summed E-state index contributed by atoms with van der Waals surface area (Å²) in [4.78, 5) is 0. The van der Waals surface area contributed by atoms with E-state index in [0.29, 0.717) is 6.61 Å². The molecule has 2 unspecified atom stereocenters. The van der Waals surface area contributed by atoms with Gasteiger partial charge in [0.15, 0.2) is 0 Å². The zero-order valence-electron chi connectivity index (χ0n) is 7.39. The number of hydrogen-bond donors (Lipinski definition) is 1. The third-order valence-electron chi connectivity index (χ3n) is 2.21. The number of hydrogen-bond acceptors (Lipinski definition) is 2. The molecule has 1 N–H and O–H groups in total. The van der Waals surface area contributed by atoms with Crippen LogP contribution in [0.15, 0.2) is 30.3 Å². The molecule has 0 spiro atoms. The number of aliphatic hydroxyl groups is 1. The van der Waals surface area contributed by atoms with E-state index >= 15 is 0 Å². The first-order valence-electron chi connectivity index (χ1n) is 4.51. The lowest BCUT2D eigenvalue weighted by molar-refractivity contribution is 0.0896. The predicted molar refractivity (Wildman–Crippen MR) is 49.9 cm³/mol. The summed E-state index contributed by atoms with van der Waals surface area (Å²) in [5.41, 5.74) is 1.18. The minimum atomic E-state index is 0.171. The lowest BCUT2D eigenvalue weighted by atomic mass is 10.2. The average molecular weight is 177 g/mol. The maximum Gasteiger partial charge on any atom is 0.0720 e. The van der Waals surface area contributed by atoms with Gasteiger partial charge >= 0.3 is 0 Å². The number of ether oxygens (including phenoxy) is 1. The van der Waals surface area contributed by atoms with E-state index in [0.717, 1.165) is 0 Å². The molecular formula is C11H13O2. The number of benzene rings is 1. The fourth-order valence-corrected chi connectivity index (χ4v) is 1.29. The fourth-order valence-electron chi connectivity index (χ4n) is 1.29. The van der Waals surface area contributed by atoms with Crippen molar-refractivity contribution in [2.24, 2.45) is 5.92 Å². The summed E-state index contributed by atoms with van der Waals surface area (Å²) in [6.07, 6.45) is 2.19. The van der Waals surface area contributed by atoms with Crippen LogP contribution in [-0.2, 0) is 11.3 Å². The van der Waals surface area contributed by atoms with E-state index in [1.807, 2.05) is 36.8 Å². The van der Waals surface area contributed by atoms with Crippen LogP contribution in [-0.4, -0.2) is 17.8 Å². The summed E-state index contributed by atoms with van der Waals surface area (Å²) in [6.45, 7) is 0.845. The quantitative estimate of drug-likeness (QED) is 0.753. The van der Waals surface area contributed by atoms with Crippen LogP contribution in [0.1, 0.15) is 5.56 Å². The lowest BCUT2D eigenvalue weighted by Gasteiger charge is -2.02. The summed E-state index contributed by atoms with van der Waals surface area (Å²) in [5.74, 6) is 0.267. The predicted octanol–water partition coefficient (Wildman–Crippen LogP) is 1.40. The normalized spacial score (nSPS) is 25.9. The van der Waals surface area contributed by atoms with Crippen LogP contribution in [0.2, 0.25) is 0 Å². The molecule has 69 valence electrons. The van der Waals surface area contributed by atoms with Gasteiger partial charge in [-0.3, -0.25) is 0 Å². The van der Waals surface area contributed by atoms with E-state index in [1.165, 1.54) is 5.56 Å². The molecule has 0 aromatic heterocycles. The Morgan fingerprint density at radius 3 is 2.62 bits per heavy atom. The van der Waals surface area contributed by atoms with Crippen LogP contribution in [0.4, 0.5) is 0 Å². The smallest absolute Gasteiger partial charge is 0.0720 e. The third kappa shape index (κ3) is 2.29. The van der Waals surface area contributed by atoms with Crippen LogP contribution in [0.25, 0.3) is 0 Å². The zero-order chi connectivity index (χ0) is 9.10. The average Bonchev–Trinajstić information content (AvgIpc) is 2.95. The molecule has 1 aliphatic rings. The minimum Gasteiger partial charge on any atom is -0.396 e. The van der Waals surface area contributed by atoms with Crippen molar-refractivity contribution < 1.29 is 9.84 Å². The molecule has 1 aromatic carbocycles. The Bertz CT molecular complexity index is 258. The summed E-state index contributed by atoms with van der Waals surface area (Å²) < 4.78 is 5.53. The molecule has 0 amide bonds. The SMILES string of the molecule is OCC1[CH]C1OCc1ccccc1. The van der Waals surface area contributed by atoms with Gasteiger partial charge in [-0.2, -0.15) is 0 Å². The molecule has 1 saturated carbocycles. The second-order valence-corrected chi connectivity index (χ2v) is 3.30. The first-order chi connectivity index (χ1) is 6.40. The van der Waals surface area contributed by atoms with Crippen LogP contribution in [0.5, 0.6) is 0 Å². The van der Waals surface area contributed by atoms with Gasteiger partial charge in [0.1, 0.15) is 0 Å². The highest BCUT2D eigenvalue weighted by Crippen LogP contribution is 2.32. The lowest BCUT2D eigenvalue weighted by Crippen LogP contribution is -1.99. The van der Waals surface area contributed by atoms with Gasteiger partial charge in [-0.05, 0) is 12.0 Å². The second-order valence-electron chi connectivity index (χ2n) is 3.30. The Hall–Kier alpha value is -0.860. The molecule has 1 aromatic rings. The molecule has 2 nitrogen and oxygen atoms in total. The van der Waals surface area contributed by atoms with Crippen molar-refractivity contribution >= 4 is 0 Å². The minimum absolute atomic E-state index is 0.171. The van der Waals surface area contributed by atoms with Crippen molar-refractivity contribution in [3.05, 3.63) is 42.3 Å². The van der Waals surface area contributed by atoms with E-state index in [4.69, 9.17) is 9.84 Å². The Kier molecular flexibility index (Phi) is 2.62.